The van der Waals surface area contributed by atoms with Crippen LogP contribution in [0.3, 0.4) is 0 Å². The predicted octanol–water partition coefficient (Wildman–Crippen LogP) is 4.03. The summed E-state index contributed by atoms with van der Waals surface area (Å²) in [5.74, 6) is 0. The van der Waals surface area contributed by atoms with E-state index in [9.17, 15) is 0 Å². The van der Waals surface area contributed by atoms with Crippen molar-refractivity contribution in [1.29, 1.82) is 0 Å². The van der Waals surface area contributed by atoms with E-state index in [-0.39, 0.29) is 0 Å². The maximum absolute atomic E-state index is 3.49. The second-order valence-corrected chi connectivity index (χ2v) is 5.28. The predicted molar refractivity (Wildman–Crippen MR) is 81.3 cm³/mol. The lowest BCUT2D eigenvalue weighted by Crippen LogP contribution is -2.01. The number of halogens is 1. The van der Waals surface area contributed by atoms with Crippen LogP contribution in [-0.2, 0) is 13.1 Å². The zero-order valence-corrected chi connectivity index (χ0v) is 12.4. The lowest BCUT2D eigenvalue weighted by molar-refractivity contribution is 0.766. The van der Waals surface area contributed by atoms with Gasteiger partial charge in [-0.3, -0.25) is 0 Å². The van der Waals surface area contributed by atoms with E-state index in [2.05, 4.69) is 83.0 Å². The van der Waals surface area contributed by atoms with Crippen molar-refractivity contribution in [1.82, 2.24) is 4.57 Å². The molecule has 0 atom stereocenters. The van der Waals surface area contributed by atoms with E-state index >= 15 is 0 Å². The number of hydrogen-bond donors (Lipinski definition) is 1. The van der Waals surface area contributed by atoms with E-state index in [0.717, 1.165) is 13.1 Å². The van der Waals surface area contributed by atoms with Gasteiger partial charge in [0.2, 0.25) is 0 Å². The average Bonchev–Trinajstić information content (AvgIpc) is 2.79. The zero-order valence-electron chi connectivity index (χ0n) is 10.2. The van der Waals surface area contributed by atoms with E-state index < -0.39 is 0 Å². The maximum Gasteiger partial charge on any atom is 0.0415 e. The summed E-state index contributed by atoms with van der Waals surface area (Å²) in [4.78, 5) is 0. The molecule has 90 valence electrons. The molecule has 1 aromatic carbocycles. The fourth-order valence-electron chi connectivity index (χ4n) is 1.79. The molecular formula is C14H17IN2. The van der Waals surface area contributed by atoms with Gasteiger partial charge in [0.25, 0.3) is 0 Å². The summed E-state index contributed by atoms with van der Waals surface area (Å²) in [7, 11) is 0. The molecule has 2 nitrogen and oxygen atoms in total. The van der Waals surface area contributed by atoms with Gasteiger partial charge in [-0.25, -0.2) is 0 Å². The fourth-order valence-corrected chi connectivity index (χ4v) is 2.29. The number of rotatable bonds is 4. The third-order valence-electron chi connectivity index (χ3n) is 2.93. The molecule has 1 aromatic heterocycles. The van der Waals surface area contributed by atoms with Crippen LogP contribution in [0.1, 0.15) is 18.1 Å². The molecule has 0 aliphatic heterocycles. The molecule has 0 radical (unpaired) electrons. The maximum atomic E-state index is 3.49. The number of aryl methyl sites for hydroxylation is 1. The largest absolute Gasteiger partial charge is 0.381 e. The Hall–Kier alpha value is -0.970. The van der Waals surface area contributed by atoms with Crippen molar-refractivity contribution in [2.24, 2.45) is 0 Å². The Balaban J connectivity index is 2.04. The van der Waals surface area contributed by atoms with Crippen molar-refractivity contribution in [3.8, 4) is 0 Å². The monoisotopic (exact) mass is 340 g/mol. The molecule has 2 aromatic rings. The molecule has 3 heteroatoms. The highest BCUT2D eigenvalue weighted by atomic mass is 127. The Kier molecular flexibility index (Phi) is 4.10. The number of hydrogen-bond acceptors (Lipinski definition) is 1. The molecule has 0 unspecified atom stereocenters. The van der Waals surface area contributed by atoms with Gasteiger partial charge < -0.3 is 9.88 Å². The number of aromatic nitrogens is 1. The van der Waals surface area contributed by atoms with E-state index in [0.29, 0.717) is 0 Å². The van der Waals surface area contributed by atoms with Crippen LogP contribution in [-0.4, -0.2) is 4.57 Å². The summed E-state index contributed by atoms with van der Waals surface area (Å²) in [5, 5.41) is 3.49. The van der Waals surface area contributed by atoms with Gasteiger partial charge in [0.05, 0.1) is 0 Å². The molecule has 0 amide bonds. The third kappa shape index (κ3) is 3.03. The molecular weight excluding hydrogens is 323 g/mol. The van der Waals surface area contributed by atoms with Crippen molar-refractivity contribution in [2.45, 2.75) is 26.9 Å². The van der Waals surface area contributed by atoms with Gasteiger partial charge in [0, 0.05) is 34.7 Å². The summed E-state index contributed by atoms with van der Waals surface area (Å²) in [6.45, 7) is 6.22. The van der Waals surface area contributed by atoms with Gasteiger partial charge in [-0.2, -0.15) is 0 Å². The summed E-state index contributed by atoms with van der Waals surface area (Å²) < 4.78 is 3.50. The van der Waals surface area contributed by atoms with E-state index in [1.165, 1.54) is 20.4 Å². The van der Waals surface area contributed by atoms with Gasteiger partial charge in [-0.1, -0.05) is 6.07 Å². The molecule has 0 saturated carbocycles. The van der Waals surface area contributed by atoms with Crippen molar-refractivity contribution < 1.29 is 0 Å². The second kappa shape index (κ2) is 5.58. The smallest absolute Gasteiger partial charge is 0.0415 e. The van der Waals surface area contributed by atoms with Crippen LogP contribution in [0.15, 0.2) is 36.7 Å². The molecule has 17 heavy (non-hydrogen) atoms. The first-order valence-electron chi connectivity index (χ1n) is 5.84. The highest BCUT2D eigenvalue weighted by molar-refractivity contribution is 14.1. The van der Waals surface area contributed by atoms with Gasteiger partial charge >= 0.3 is 0 Å². The van der Waals surface area contributed by atoms with Crippen molar-refractivity contribution in [2.75, 3.05) is 5.32 Å². The van der Waals surface area contributed by atoms with Crippen LogP contribution in [0.25, 0.3) is 0 Å². The minimum absolute atomic E-state index is 0.883. The Morgan fingerprint density at radius 2 is 2.12 bits per heavy atom. The van der Waals surface area contributed by atoms with E-state index in [4.69, 9.17) is 0 Å². The molecule has 1 heterocycles. The molecule has 0 spiro atoms. The van der Waals surface area contributed by atoms with Crippen LogP contribution in [0.4, 0.5) is 5.69 Å². The second-order valence-electron chi connectivity index (χ2n) is 4.12. The van der Waals surface area contributed by atoms with Gasteiger partial charge in [-0.05, 0) is 65.8 Å². The van der Waals surface area contributed by atoms with Crippen LogP contribution >= 0.6 is 22.6 Å². The molecule has 0 aliphatic rings. The third-order valence-corrected chi connectivity index (χ3v) is 4.10. The number of anilines is 1. The van der Waals surface area contributed by atoms with Gasteiger partial charge in [0.1, 0.15) is 0 Å². The summed E-state index contributed by atoms with van der Waals surface area (Å²) in [6, 6.07) is 8.52. The van der Waals surface area contributed by atoms with Crippen molar-refractivity contribution >= 4 is 28.3 Å². The first kappa shape index (κ1) is 12.5. The first-order valence-corrected chi connectivity index (χ1v) is 6.92. The topological polar surface area (TPSA) is 17.0 Å². The lowest BCUT2D eigenvalue weighted by Gasteiger charge is -2.09. The zero-order chi connectivity index (χ0) is 12.3. The minimum Gasteiger partial charge on any atom is -0.381 e. The van der Waals surface area contributed by atoms with E-state index in [1.807, 2.05) is 0 Å². The number of nitrogens with zero attached hydrogens (tertiary/aromatic N) is 1. The summed E-state index contributed by atoms with van der Waals surface area (Å²) in [5.41, 5.74) is 3.87. The molecule has 0 fully saturated rings. The average molecular weight is 340 g/mol. The van der Waals surface area contributed by atoms with Gasteiger partial charge in [-0.15, -0.1) is 0 Å². The molecule has 0 aliphatic carbocycles. The Morgan fingerprint density at radius 3 is 2.82 bits per heavy atom. The normalized spacial score (nSPS) is 10.5. The Bertz CT molecular complexity index is 503. The van der Waals surface area contributed by atoms with Crippen molar-refractivity contribution in [3.63, 3.8) is 0 Å². The molecule has 1 N–H and O–H groups in total. The van der Waals surface area contributed by atoms with Crippen LogP contribution in [0.5, 0.6) is 0 Å². The first-order chi connectivity index (χ1) is 8.20. The minimum atomic E-state index is 0.883. The lowest BCUT2D eigenvalue weighted by atomic mass is 10.2. The highest BCUT2D eigenvalue weighted by Gasteiger charge is 2.01. The van der Waals surface area contributed by atoms with Crippen LogP contribution < -0.4 is 5.32 Å². The molecule has 0 saturated heterocycles. The van der Waals surface area contributed by atoms with Crippen molar-refractivity contribution in [3.05, 3.63) is 51.4 Å². The Morgan fingerprint density at radius 1 is 1.29 bits per heavy atom. The van der Waals surface area contributed by atoms with Crippen LogP contribution in [0.2, 0.25) is 0 Å². The number of benzene rings is 1. The summed E-state index contributed by atoms with van der Waals surface area (Å²) >= 11 is 2.37. The summed E-state index contributed by atoms with van der Waals surface area (Å²) in [6.07, 6.45) is 4.31. The van der Waals surface area contributed by atoms with E-state index in [1.54, 1.807) is 0 Å². The SMILES string of the molecule is CCn1ccc(CNc2cccc(I)c2C)c1. The van der Waals surface area contributed by atoms with Gasteiger partial charge in [0.15, 0.2) is 0 Å². The molecule has 0 bridgehead atoms. The highest BCUT2D eigenvalue weighted by Crippen LogP contribution is 2.20. The Labute approximate surface area is 116 Å². The molecule has 2 rings (SSSR count). The quantitative estimate of drug-likeness (QED) is 0.832. The number of nitrogens with one attached hydrogen (secondary N) is 1. The van der Waals surface area contributed by atoms with Crippen LogP contribution in [0, 0.1) is 10.5 Å². The standard InChI is InChI=1S/C14H17IN2/c1-3-17-8-7-12(10-17)9-16-14-6-4-5-13(15)11(14)2/h4-8,10,16H,3,9H2,1-2H3. The fraction of sp³-hybridized carbons (Fsp3) is 0.286.